The molecule has 0 amide bonds. The summed E-state index contributed by atoms with van der Waals surface area (Å²) in [5.74, 6) is 1.06. The van der Waals surface area contributed by atoms with Crippen LogP contribution in [0.15, 0.2) is 41.5 Å². The minimum absolute atomic E-state index is 0.177. The van der Waals surface area contributed by atoms with Crippen LogP contribution in [-0.2, 0) is 0 Å². The van der Waals surface area contributed by atoms with Gasteiger partial charge < -0.3 is 9.88 Å². The highest BCUT2D eigenvalue weighted by atomic mass is 35.5. The Balaban J connectivity index is 1.83. The van der Waals surface area contributed by atoms with Gasteiger partial charge in [-0.15, -0.1) is 0 Å². The van der Waals surface area contributed by atoms with Gasteiger partial charge in [-0.25, -0.2) is 4.98 Å². The number of anilines is 1. The van der Waals surface area contributed by atoms with Crippen molar-refractivity contribution in [3.63, 3.8) is 0 Å². The number of nitrogens with zero attached hydrogens (tertiary/aromatic N) is 2. The van der Waals surface area contributed by atoms with Crippen LogP contribution in [0.2, 0.25) is 5.02 Å². The van der Waals surface area contributed by atoms with Gasteiger partial charge in [-0.1, -0.05) is 41.9 Å². The van der Waals surface area contributed by atoms with E-state index in [1.807, 2.05) is 6.07 Å². The molecule has 1 aliphatic heterocycles. The lowest BCUT2D eigenvalue weighted by Crippen LogP contribution is -2.23. The average molecular weight is 276 g/mol. The van der Waals surface area contributed by atoms with E-state index in [2.05, 4.69) is 39.1 Å². The van der Waals surface area contributed by atoms with Gasteiger partial charge >= 0.3 is 0 Å². The summed E-state index contributed by atoms with van der Waals surface area (Å²) in [5, 5.41) is 0.177. The maximum atomic E-state index is 11.5. The third kappa shape index (κ3) is 2.36. The lowest BCUT2D eigenvalue weighted by Gasteiger charge is -2.18. The monoisotopic (exact) mass is 275 g/mol. The molecule has 0 aliphatic carbocycles. The molecule has 2 aromatic rings. The van der Waals surface area contributed by atoms with Gasteiger partial charge in [0.1, 0.15) is 5.02 Å². The van der Waals surface area contributed by atoms with E-state index in [0.29, 0.717) is 11.7 Å². The van der Waals surface area contributed by atoms with Crippen LogP contribution in [0.4, 0.5) is 5.82 Å². The Morgan fingerprint density at radius 2 is 2.11 bits per heavy atom. The van der Waals surface area contributed by atoms with Crippen molar-refractivity contribution in [3.8, 4) is 0 Å². The molecule has 0 bridgehead atoms. The second-order valence-electron chi connectivity index (χ2n) is 4.71. The van der Waals surface area contributed by atoms with Gasteiger partial charge in [0.25, 0.3) is 5.56 Å². The fraction of sp³-hybridized carbons (Fsp3) is 0.286. The first-order valence-corrected chi connectivity index (χ1v) is 6.66. The number of benzene rings is 1. The van der Waals surface area contributed by atoms with Crippen molar-refractivity contribution >= 4 is 17.4 Å². The number of hydrogen-bond acceptors (Lipinski definition) is 3. The van der Waals surface area contributed by atoms with Gasteiger partial charge in [0.05, 0.1) is 6.33 Å². The van der Waals surface area contributed by atoms with Gasteiger partial charge in [0.15, 0.2) is 5.82 Å². The second kappa shape index (κ2) is 5.05. The number of hydrogen-bond donors (Lipinski definition) is 1. The number of rotatable bonds is 2. The molecule has 1 N–H and O–H groups in total. The molecule has 0 radical (unpaired) electrons. The zero-order valence-corrected chi connectivity index (χ0v) is 11.1. The van der Waals surface area contributed by atoms with Crippen LogP contribution in [0, 0.1) is 0 Å². The predicted molar refractivity (Wildman–Crippen MR) is 75.9 cm³/mol. The van der Waals surface area contributed by atoms with Crippen molar-refractivity contribution in [1.29, 1.82) is 0 Å². The molecule has 98 valence electrons. The Bertz CT molecular complexity index is 626. The molecule has 0 saturated carbocycles. The Morgan fingerprint density at radius 1 is 1.32 bits per heavy atom. The molecule has 1 fully saturated rings. The Morgan fingerprint density at radius 3 is 2.89 bits per heavy atom. The normalized spacial score (nSPS) is 18.8. The Hall–Kier alpha value is -1.81. The molecule has 5 heteroatoms. The smallest absolute Gasteiger partial charge is 0.271 e. The van der Waals surface area contributed by atoms with Crippen LogP contribution in [0.3, 0.4) is 0 Å². The third-order valence-corrected chi connectivity index (χ3v) is 3.88. The first-order valence-electron chi connectivity index (χ1n) is 6.29. The molecule has 1 aromatic carbocycles. The number of aromatic nitrogens is 2. The van der Waals surface area contributed by atoms with Crippen molar-refractivity contribution in [1.82, 2.24) is 9.97 Å². The van der Waals surface area contributed by atoms with Gasteiger partial charge in [-0.2, -0.15) is 0 Å². The summed E-state index contributed by atoms with van der Waals surface area (Å²) in [7, 11) is 0. The minimum atomic E-state index is -0.283. The van der Waals surface area contributed by atoms with Gasteiger partial charge in [-0.05, 0) is 12.0 Å². The second-order valence-corrected chi connectivity index (χ2v) is 5.09. The van der Waals surface area contributed by atoms with Crippen LogP contribution in [0.5, 0.6) is 0 Å². The van der Waals surface area contributed by atoms with Gasteiger partial charge in [-0.3, -0.25) is 4.79 Å². The summed E-state index contributed by atoms with van der Waals surface area (Å²) in [4.78, 5) is 20.2. The largest absolute Gasteiger partial charge is 0.355 e. The van der Waals surface area contributed by atoms with Crippen molar-refractivity contribution in [2.75, 3.05) is 18.0 Å². The molecule has 3 rings (SSSR count). The number of halogens is 1. The maximum Gasteiger partial charge on any atom is 0.271 e. The van der Waals surface area contributed by atoms with E-state index >= 15 is 0 Å². The van der Waals surface area contributed by atoms with Crippen LogP contribution < -0.4 is 10.5 Å². The minimum Gasteiger partial charge on any atom is -0.355 e. The van der Waals surface area contributed by atoms with E-state index in [-0.39, 0.29) is 10.6 Å². The van der Waals surface area contributed by atoms with Gasteiger partial charge in [0.2, 0.25) is 0 Å². The Labute approximate surface area is 116 Å². The maximum absolute atomic E-state index is 11.5. The van der Waals surface area contributed by atoms with E-state index < -0.39 is 0 Å². The van der Waals surface area contributed by atoms with Crippen molar-refractivity contribution in [2.24, 2.45) is 0 Å². The highest BCUT2D eigenvalue weighted by Crippen LogP contribution is 2.31. The molecular formula is C14H14ClN3O. The van der Waals surface area contributed by atoms with Crippen LogP contribution in [-0.4, -0.2) is 23.1 Å². The molecule has 2 heterocycles. The summed E-state index contributed by atoms with van der Waals surface area (Å²) in [5.41, 5.74) is 1.04. The molecule has 1 aliphatic rings. The lowest BCUT2D eigenvalue weighted by molar-refractivity contribution is 0.774. The summed E-state index contributed by atoms with van der Waals surface area (Å²) in [6, 6.07) is 10.4. The van der Waals surface area contributed by atoms with E-state index in [9.17, 15) is 4.79 Å². The first kappa shape index (κ1) is 12.2. The summed E-state index contributed by atoms with van der Waals surface area (Å²) in [6.45, 7) is 1.72. The SMILES string of the molecule is O=c1[nH]cnc(N2CCC(c3ccccc3)C2)c1Cl. The van der Waals surface area contributed by atoms with E-state index in [0.717, 1.165) is 19.5 Å². The quantitative estimate of drug-likeness (QED) is 0.916. The summed E-state index contributed by atoms with van der Waals surface area (Å²) in [6.07, 6.45) is 2.45. The average Bonchev–Trinajstić information content (AvgIpc) is 2.92. The zero-order chi connectivity index (χ0) is 13.2. The van der Waals surface area contributed by atoms with E-state index in [1.54, 1.807) is 0 Å². The molecule has 1 atom stereocenters. The molecular weight excluding hydrogens is 262 g/mol. The number of H-pyrrole nitrogens is 1. The zero-order valence-electron chi connectivity index (χ0n) is 10.3. The number of nitrogens with one attached hydrogen (secondary N) is 1. The fourth-order valence-corrected chi connectivity index (χ4v) is 2.77. The lowest BCUT2D eigenvalue weighted by atomic mass is 9.99. The predicted octanol–water partition coefficient (Wildman–Crippen LogP) is 2.42. The standard InChI is InChI=1S/C14H14ClN3O/c15-12-13(16-9-17-14(12)19)18-7-6-11(8-18)10-4-2-1-3-5-10/h1-5,9,11H,6-8H2,(H,16,17,19). The molecule has 19 heavy (non-hydrogen) atoms. The fourth-order valence-electron chi connectivity index (χ4n) is 2.54. The molecule has 1 unspecified atom stereocenters. The van der Waals surface area contributed by atoms with E-state index in [1.165, 1.54) is 11.9 Å². The van der Waals surface area contributed by atoms with Crippen molar-refractivity contribution in [2.45, 2.75) is 12.3 Å². The highest BCUT2D eigenvalue weighted by Gasteiger charge is 2.26. The number of aromatic amines is 1. The van der Waals surface area contributed by atoms with Crippen molar-refractivity contribution < 1.29 is 0 Å². The highest BCUT2D eigenvalue weighted by molar-refractivity contribution is 6.32. The Kier molecular flexibility index (Phi) is 3.25. The third-order valence-electron chi connectivity index (χ3n) is 3.54. The van der Waals surface area contributed by atoms with Crippen LogP contribution >= 0.6 is 11.6 Å². The summed E-state index contributed by atoms with van der Waals surface area (Å²) < 4.78 is 0. The summed E-state index contributed by atoms with van der Waals surface area (Å²) >= 11 is 6.02. The topological polar surface area (TPSA) is 49.0 Å². The molecule has 1 saturated heterocycles. The van der Waals surface area contributed by atoms with Crippen molar-refractivity contribution in [3.05, 3.63) is 57.6 Å². The molecule has 0 spiro atoms. The van der Waals surface area contributed by atoms with Crippen LogP contribution in [0.1, 0.15) is 17.9 Å². The molecule has 1 aromatic heterocycles. The van der Waals surface area contributed by atoms with E-state index in [4.69, 9.17) is 11.6 Å². The first-order chi connectivity index (χ1) is 9.25. The van der Waals surface area contributed by atoms with Crippen LogP contribution in [0.25, 0.3) is 0 Å². The van der Waals surface area contributed by atoms with Gasteiger partial charge in [0, 0.05) is 19.0 Å². The molecule has 4 nitrogen and oxygen atoms in total.